The largest absolute Gasteiger partial charge is 0.0683 e. The van der Waals surface area contributed by atoms with Crippen LogP contribution in [-0.2, 0) is 0 Å². The van der Waals surface area contributed by atoms with Gasteiger partial charge in [-0.1, -0.05) is 159 Å². The third kappa shape index (κ3) is 14.1. The predicted octanol–water partition coefficient (Wildman–Crippen LogP) is 11.3. The van der Waals surface area contributed by atoms with Crippen molar-refractivity contribution in [2.45, 2.75) is 159 Å². The van der Waals surface area contributed by atoms with Gasteiger partial charge in [-0.2, -0.15) is 0 Å². The van der Waals surface area contributed by atoms with Crippen molar-refractivity contribution in [3.63, 3.8) is 0 Å². The molecule has 0 aliphatic heterocycles. The van der Waals surface area contributed by atoms with Crippen molar-refractivity contribution in [3.05, 3.63) is 0 Å². The molecule has 1 fully saturated rings. The van der Waals surface area contributed by atoms with Gasteiger partial charge in [-0.25, -0.2) is 0 Å². The first-order chi connectivity index (χ1) is 14.5. The summed E-state index contributed by atoms with van der Waals surface area (Å²) in [6, 6.07) is 0. The summed E-state index contributed by atoms with van der Waals surface area (Å²) < 4.78 is 0. The molecule has 0 radical (unpaired) electrons. The lowest BCUT2D eigenvalue weighted by molar-refractivity contribution is 0.137. The van der Waals surface area contributed by atoms with Crippen molar-refractivity contribution in [2.24, 2.45) is 35.5 Å². The third-order valence-corrected chi connectivity index (χ3v) is 7.88. The zero-order valence-corrected chi connectivity index (χ0v) is 23.4. The second-order valence-electron chi connectivity index (χ2n) is 10.2. The molecule has 184 valence electrons. The Hall–Kier alpha value is 0. The van der Waals surface area contributed by atoms with E-state index < -0.39 is 0 Å². The highest BCUT2D eigenvalue weighted by Gasteiger charge is 2.29. The molecule has 5 atom stereocenters. The lowest BCUT2D eigenvalue weighted by Crippen LogP contribution is -2.27. The molecule has 0 aromatic carbocycles. The van der Waals surface area contributed by atoms with Crippen LogP contribution in [-0.4, -0.2) is 0 Å². The van der Waals surface area contributed by atoms with Crippen molar-refractivity contribution in [3.8, 4) is 0 Å². The minimum atomic E-state index is 0.912. The van der Waals surface area contributed by atoms with Crippen LogP contribution in [0.25, 0.3) is 0 Å². The van der Waals surface area contributed by atoms with Crippen molar-refractivity contribution < 1.29 is 0 Å². The van der Waals surface area contributed by atoms with Gasteiger partial charge in [-0.05, 0) is 35.5 Å². The average Bonchev–Trinajstić information content (AvgIpc) is 2.79. The first kappa shape index (κ1) is 32.2. The average molecular weight is 425 g/mol. The molecule has 0 saturated heterocycles. The van der Waals surface area contributed by atoms with E-state index in [1.54, 1.807) is 0 Å². The Kier molecular flexibility index (Phi) is 23.8. The van der Waals surface area contributed by atoms with E-state index in [4.69, 9.17) is 0 Å². The molecular formula is C30H64. The standard InChI is InChI=1S/C24H48.C4H10.C2H6/c1-7-13-20(5)23(9-3)24(14-8-2)21(6)18-17-19(4)22-15-11-10-12-16-22;1-3-4-2;1-2/h19-24H,7-18H2,1-6H3;3-4H2,1-2H3;1-2H3. The second kappa shape index (κ2) is 22.2. The minimum absolute atomic E-state index is 0.912. The first-order valence-electron chi connectivity index (χ1n) is 14.5. The molecule has 0 aromatic heterocycles. The summed E-state index contributed by atoms with van der Waals surface area (Å²) in [7, 11) is 0. The van der Waals surface area contributed by atoms with E-state index in [9.17, 15) is 0 Å². The van der Waals surface area contributed by atoms with Gasteiger partial charge in [0.05, 0.1) is 0 Å². The number of rotatable bonds is 13. The summed E-state index contributed by atoms with van der Waals surface area (Å²) in [5.74, 6) is 5.74. The second-order valence-corrected chi connectivity index (χ2v) is 10.2. The molecule has 1 aliphatic carbocycles. The van der Waals surface area contributed by atoms with E-state index in [2.05, 4.69) is 55.4 Å². The smallest absolute Gasteiger partial charge is 0.0358 e. The molecular weight excluding hydrogens is 360 g/mol. The summed E-state index contributed by atoms with van der Waals surface area (Å²) in [4.78, 5) is 0. The highest BCUT2D eigenvalue weighted by Crippen LogP contribution is 2.39. The monoisotopic (exact) mass is 425 g/mol. The van der Waals surface area contributed by atoms with Gasteiger partial charge < -0.3 is 0 Å². The van der Waals surface area contributed by atoms with Crippen molar-refractivity contribution >= 4 is 0 Å². The van der Waals surface area contributed by atoms with Gasteiger partial charge >= 0.3 is 0 Å². The Morgan fingerprint density at radius 1 is 0.567 bits per heavy atom. The lowest BCUT2D eigenvalue weighted by Gasteiger charge is -2.36. The van der Waals surface area contributed by atoms with Crippen LogP contribution in [0.15, 0.2) is 0 Å². The maximum absolute atomic E-state index is 2.58. The van der Waals surface area contributed by atoms with Gasteiger partial charge in [0.1, 0.15) is 0 Å². The summed E-state index contributed by atoms with van der Waals surface area (Å²) >= 11 is 0. The van der Waals surface area contributed by atoms with E-state index in [1.807, 2.05) is 13.8 Å². The molecule has 0 heteroatoms. The third-order valence-electron chi connectivity index (χ3n) is 7.88. The number of hydrogen-bond acceptors (Lipinski definition) is 0. The van der Waals surface area contributed by atoms with Crippen LogP contribution in [0.3, 0.4) is 0 Å². The van der Waals surface area contributed by atoms with Crippen LogP contribution in [0.5, 0.6) is 0 Å². The topological polar surface area (TPSA) is 0 Å². The molecule has 0 amide bonds. The summed E-state index contributed by atoms with van der Waals surface area (Å²) in [5, 5.41) is 0. The maximum atomic E-state index is 2.58. The van der Waals surface area contributed by atoms with Crippen LogP contribution in [0, 0.1) is 35.5 Å². The van der Waals surface area contributed by atoms with E-state index in [-0.39, 0.29) is 0 Å². The molecule has 1 saturated carbocycles. The normalized spacial score (nSPS) is 19.4. The zero-order valence-electron chi connectivity index (χ0n) is 23.4. The minimum Gasteiger partial charge on any atom is -0.0683 e. The van der Waals surface area contributed by atoms with Crippen LogP contribution in [0.1, 0.15) is 159 Å². The Bertz CT molecular complexity index is 312. The summed E-state index contributed by atoms with van der Waals surface area (Å²) in [6.45, 7) is 23.2. The molecule has 0 spiro atoms. The Morgan fingerprint density at radius 3 is 1.50 bits per heavy atom. The molecule has 1 aliphatic rings. The fraction of sp³-hybridized carbons (Fsp3) is 1.00. The van der Waals surface area contributed by atoms with Crippen LogP contribution in [0.4, 0.5) is 0 Å². The molecule has 0 bridgehead atoms. The highest BCUT2D eigenvalue weighted by atomic mass is 14.3. The maximum Gasteiger partial charge on any atom is -0.0358 e. The number of hydrogen-bond donors (Lipinski definition) is 0. The Labute approximate surface area is 194 Å². The van der Waals surface area contributed by atoms with Crippen molar-refractivity contribution in [1.29, 1.82) is 0 Å². The molecule has 0 heterocycles. The van der Waals surface area contributed by atoms with E-state index in [1.165, 1.54) is 89.9 Å². The molecule has 5 unspecified atom stereocenters. The SMILES string of the molecule is CC.CCCC.CCCC(C)C(CC)C(CCC)C(C)CCC(C)C1CCCCC1. The van der Waals surface area contributed by atoms with E-state index >= 15 is 0 Å². The Balaban J connectivity index is 0. The molecule has 1 rings (SSSR count). The Morgan fingerprint density at radius 2 is 1.07 bits per heavy atom. The molecule has 0 nitrogen and oxygen atoms in total. The van der Waals surface area contributed by atoms with Gasteiger partial charge in [0.2, 0.25) is 0 Å². The van der Waals surface area contributed by atoms with Crippen LogP contribution < -0.4 is 0 Å². The lowest BCUT2D eigenvalue weighted by atomic mass is 9.69. The van der Waals surface area contributed by atoms with Gasteiger partial charge in [-0.15, -0.1) is 0 Å². The zero-order chi connectivity index (χ0) is 23.4. The van der Waals surface area contributed by atoms with Gasteiger partial charge in [0, 0.05) is 0 Å². The fourth-order valence-corrected chi connectivity index (χ4v) is 5.73. The van der Waals surface area contributed by atoms with Gasteiger partial charge in [0.15, 0.2) is 0 Å². The van der Waals surface area contributed by atoms with Crippen molar-refractivity contribution in [2.75, 3.05) is 0 Å². The molecule has 0 aromatic rings. The van der Waals surface area contributed by atoms with Gasteiger partial charge in [-0.3, -0.25) is 0 Å². The van der Waals surface area contributed by atoms with E-state index in [0.29, 0.717) is 0 Å². The van der Waals surface area contributed by atoms with Crippen LogP contribution in [0.2, 0.25) is 0 Å². The summed E-state index contributed by atoms with van der Waals surface area (Å²) in [5.41, 5.74) is 0. The van der Waals surface area contributed by atoms with Crippen LogP contribution >= 0.6 is 0 Å². The predicted molar refractivity (Wildman–Crippen MR) is 142 cm³/mol. The molecule has 0 N–H and O–H groups in total. The van der Waals surface area contributed by atoms with Crippen molar-refractivity contribution in [1.82, 2.24) is 0 Å². The van der Waals surface area contributed by atoms with Gasteiger partial charge in [0.25, 0.3) is 0 Å². The number of unbranched alkanes of at least 4 members (excludes halogenated alkanes) is 1. The van der Waals surface area contributed by atoms with E-state index in [0.717, 1.165) is 35.5 Å². The fourth-order valence-electron chi connectivity index (χ4n) is 5.73. The summed E-state index contributed by atoms with van der Waals surface area (Å²) in [6.07, 6.45) is 20.1. The quantitative estimate of drug-likeness (QED) is 0.275. The molecule has 30 heavy (non-hydrogen) atoms. The first-order valence-corrected chi connectivity index (χ1v) is 14.5. The highest BCUT2D eigenvalue weighted by molar-refractivity contribution is 4.79.